The Bertz CT molecular complexity index is 656. The lowest BCUT2D eigenvalue weighted by Gasteiger charge is -2.10. The molecule has 2 rings (SSSR count). The van der Waals surface area contributed by atoms with Gasteiger partial charge in [-0.25, -0.2) is 0 Å². The van der Waals surface area contributed by atoms with E-state index >= 15 is 0 Å². The predicted molar refractivity (Wildman–Crippen MR) is 84.2 cm³/mol. The minimum Gasteiger partial charge on any atom is -0.497 e. The molecule has 0 fully saturated rings. The van der Waals surface area contributed by atoms with Gasteiger partial charge in [0.2, 0.25) is 0 Å². The number of anilines is 2. The van der Waals surface area contributed by atoms with Crippen LogP contribution in [0.5, 0.6) is 5.75 Å². The Morgan fingerprint density at radius 2 is 2.00 bits per heavy atom. The fraction of sp³-hybridized carbons (Fsp3) is 0.133. The summed E-state index contributed by atoms with van der Waals surface area (Å²) >= 11 is 3.36. The number of hydrogen-bond donors (Lipinski definition) is 2. The van der Waals surface area contributed by atoms with Crippen LogP contribution < -0.4 is 15.8 Å². The number of amides is 1. The average molecular weight is 335 g/mol. The molecule has 4 nitrogen and oxygen atoms in total. The summed E-state index contributed by atoms with van der Waals surface area (Å²) in [5.74, 6) is 0.423. The summed E-state index contributed by atoms with van der Waals surface area (Å²) in [6, 6.07) is 10.6. The number of aryl methyl sites for hydroxylation is 1. The molecule has 2 aromatic carbocycles. The smallest absolute Gasteiger partial charge is 0.256 e. The van der Waals surface area contributed by atoms with E-state index in [0.717, 1.165) is 5.56 Å². The van der Waals surface area contributed by atoms with Crippen molar-refractivity contribution in [3.8, 4) is 5.75 Å². The van der Waals surface area contributed by atoms with E-state index in [-0.39, 0.29) is 5.91 Å². The third-order valence-electron chi connectivity index (χ3n) is 2.95. The second-order valence-corrected chi connectivity index (χ2v) is 5.23. The highest BCUT2D eigenvalue weighted by Gasteiger charge is 2.12. The first-order valence-electron chi connectivity index (χ1n) is 6.02. The lowest BCUT2D eigenvalue weighted by molar-refractivity contribution is 0.102. The molecular weight excluding hydrogens is 320 g/mol. The van der Waals surface area contributed by atoms with E-state index < -0.39 is 0 Å². The molecule has 104 valence electrons. The molecule has 2 aromatic rings. The number of methoxy groups -OCH3 is 1. The van der Waals surface area contributed by atoms with Gasteiger partial charge in [-0.1, -0.05) is 0 Å². The molecule has 0 spiro atoms. The lowest BCUT2D eigenvalue weighted by atomic mass is 10.1. The summed E-state index contributed by atoms with van der Waals surface area (Å²) in [6.45, 7) is 1.90. The Morgan fingerprint density at radius 1 is 1.25 bits per heavy atom. The van der Waals surface area contributed by atoms with Gasteiger partial charge in [0.1, 0.15) is 5.75 Å². The van der Waals surface area contributed by atoms with Crippen molar-refractivity contribution in [1.82, 2.24) is 0 Å². The number of rotatable bonds is 3. The maximum absolute atomic E-state index is 12.3. The summed E-state index contributed by atoms with van der Waals surface area (Å²) in [5, 5.41) is 2.84. The van der Waals surface area contributed by atoms with Crippen molar-refractivity contribution in [3.63, 3.8) is 0 Å². The van der Waals surface area contributed by atoms with Crippen molar-refractivity contribution in [2.75, 3.05) is 18.2 Å². The molecule has 5 heteroatoms. The molecule has 1 amide bonds. The van der Waals surface area contributed by atoms with E-state index in [1.165, 1.54) is 0 Å². The van der Waals surface area contributed by atoms with Gasteiger partial charge >= 0.3 is 0 Å². The van der Waals surface area contributed by atoms with Crippen molar-refractivity contribution in [1.29, 1.82) is 0 Å². The van der Waals surface area contributed by atoms with E-state index in [2.05, 4.69) is 21.2 Å². The lowest BCUT2D eigenvalue weighted by Crippen LogP contribution is -2.13. The number of benzene rings is 2. The minimum atomic E-state index is -0.208. The van der Waals surface area contributed by atoms with Crippen LogP contribution in [-0.4, -0.2) is 13.0 Å². The number of carbonyl (C=O) groups is 1. The number of nitrogens with one attached hydrogen (secondary N) is 1. The monoisotopic (exact) mass is 334 g/mol. The molecule has 0 saturated heterocycles. The molecule has 0 radical (unpaired) electrons. The van der Waals surface area contributed by atoms with Crippen molar-refractivity contribution in [2.45, 2.75) is 6.92 Å². The third-order valence-corrected chi connectivity index (χ3v) is 3.64. The molecule has 0 bridgehead atoms. The molecular formula is C15H15BrN2O2. The zero-order valence-electron chi connectivity index (χ0n) is 11.2. The first-order valence-corrected chi connectivity index (χ1v) is 6.81. The van der Waals surface area contributed by atoms with Crippen LogP contribution in [0.1, 0.15) is 15.9 Å². The third kappa shape index (κ3) is 3.11. The van der Waals surface area contributed by atoms with Crippen LogP contribution >= 0.6 is 15.9 Å². The van der Waals surface area contributed by atoms with Crippen LogP contribution in [0.2, 0.25) is 0 Å². The van der Waals surface area contributed by atoms with Crippen molar-refractivity contribution in [3.05, 3.63) is 52.0 Å². The van der Waals surface area contributed by atoms with Gasteiger partial charge in [-0.15, -0.1) is 0 Å². The molecule has 0 aliphatic heterocycles. The van der Waals surface area contributed by atoms with E-state index in [9.17, 15) is 4.79 Å². The summed E-state index contributed by atoms with van der Waals surface area (Å²) in [5.41, 5.74) is 8.60. The van der Waals surface area contributed by atoms with Gasteiger partial charge in [0.25, 0.3) is 5.91 Å². The predicted octanol–water partition coefficient (Wildman–Crippen LogP) is 3.60. The topological polar surface area (TPSA) is 64.3 Å². The Labute approximate surface area is 126 Å². The number of ether oxygens (including phenoxy) is 1. The Hall–Kier alpha value is -2.01. The van der Waals surface area contributed by atoms with E-state index in [0.29, 0.717) is 27.2 Å². The van der Waals surface area contributed by atoms with Gasteiger partial charge in [-0.2, -0.15) is 0 Å². The summed E-state index contributed by atoms with van der Waals surface area (Å²) < 4.78 is 5.84. The van der Waals surface area contributed by atoms with Crippen LogP contribution in [0.3, 0.4) is 0 Å². The van der Waals surface area contributed by atoms with Crippen LogP contribution in [-0.2, 0) is 0 Å². The highest BCUT2D eigenvalue weighted by atomic mass is 79.9. The van der Waals surface area contributed by atoms with Crippen LogP contribution in [0.15, 0.2) is 40.9 Å². The van der Waals surface area contributed by atoms with E-state index in [4.69, 9.17) is 10.5 Å². The van der Waals surface area contributed by atoms with Gasteiger partial charge < -0.3 is 15.8 Å². The molecule has 20 heavy (non-hydrogen) atoms. The molecule has 0 atom stereocenters. The number of carbonyl (C=O) groups excluding carboxylic acids is 1. The SMILES string of the molecule is COc1ccc(Br)c(C(=O)Nc2ccc(N)c(C)c2)c1. The fourth-order valence-corrected chi connectivity index (χ4v) is 2.18. The van der Waals surface area contributed by atoms with Crippen molar-refractivity contribution in [2.24, 2.45) is 0 Å². The number of halogens is 1. The molecule has 0 saturated carbocycles. The minimum absolute atomic E-state index is 0.208. The van der Waals surface area contributed by atoms with E-state index in [1.807, 2.05) is 13.0 Å². The molecule has 0 aliphatic rings. The quantitative estimate of drug-likeness (QED) is 0.843. The zero-order chi connectivity index (χ0) is 14.7. The van der Waals surface area contributed by atoms with Crippen molar-refractivity contribution >= 4 is 33.2 Å². The van der Waals surface area contributed by atoms with Gasteiger partial charge in [0, 0.05) is 15.8 Å². The van der Waals surface area contributed by atoms with Crippen LogP contribution in [0, 0.1) is 6.92 Å². The van der Waals surface area contributed by atoms with Crippen LogP contribution in [0.25, 0.3) is 0 Å². The van der Waals surface area contributed by atoms with Crippen molar-refractivity contribution < 1.29 is 9.53 Å². The molecule has 3 N–H and O–H groups in total. The van der Waals surface area contributed by atoms with Gasteiger partial charge in [-0.3, -0.25) is 4.79 Å². The normalized spacial score (nSPS) is 10.2. The number of nitrogen functional groups attached to an aromatic ring is 1. The Morgan fingerprint density at radius 3 is 2.65 bits per heavy atom. The standard InChI is InChI=1S/C15H15BrN2O2/c1-9-7-10(3-6-14(9)17)18-15(19)12-8-11(20-2)4-5-13(12)16/h3-8H,17H2,1-2H3,(H,18,19). The number of hydrogen-bond acceptors (Lipinski definition) is 3. The van der Waals surface area contributed by atoms with Crippen LogP contribution in [0.4, 0.5) is 11.4 Å². The summed E-state index contributed by atoms with van der Waals surface area (Å²) in [6.07, 6.45) is 0. The molecule has 0 heterocycles. The molecule has 0 unspecified atom stereocenters. The second kappa shape index (κ2) is 5.96. The Balaban J connectivity index is 2.25. The Kier molecular flexibility index (Phi) is 4.29. The summed E-state index contributed by atoms with van der Waals surface area (Å²) in [7, 11) is 1.56. The maximum atomic E-state index is 12.3. The zero-order valence-corrected chi connectivity index (χ0v) is 12.8. The second-order valence-electron chi connectivity index (χ2n) is 4.37. The van der Waals surface area contributed by atoms with Gasteiger partial charge in [0.15, 0.2) is 0 Å². The molecule has 0 aliphatic carbocycles. The fourth-order valence-electron chi connectivity index (χ4n) is 1.76. The largest absolute Gasteiger partial charge is 0.497 e. The first-order chi connectivity index (χ1) is 9.51. The average Bonchev–Trinajstić information content (AvgIpc) is 2.43. The highest BCUT2D eigenvalue weighted by Crippen LogP contribution is 2.24. The van der Waals surface area contributed by atoms with Gasteiger partial charge in [0.05, 0.1) is 12.7 Å². The van der Waals surface area contributed by atoms with E-state index in [1.54, 1.807) is 37.4 Å². The van der Waals surface area contributed by atoms with Gasteiger partial charge in [-0.05, 0) is 64.8 Å². The number of nitrogens with two attached hydrogens (primary N) is 1. The first kappa shape index (κ1) is 14.4. The molecule has 0 aromatic heterocycles. The maximum Gasteiger partial charge on any atom is 0.256 e. The highest BCUT2D eigenvalue weighted by molar-refractivity contribution is 9.10. The summed E-state index contributed by atoms with van der Waals surface area (Å²) in [4.78, 5) is 12.3.